The number of carbonyl (C=O) groups excluding carboxylic acids is 1. The predicted octanol–water partition coefficient (Wildman–Crippen LogP) is 3.95. The van der Waals surface area contributed by atoms with Crippen LogP contribution >= 0.6 is 0 Å². The Labute approximate surface area is 181 Å². The van der Waals surface area contributed by atoms with E-state index in [0.717, 1.165) is 23.4 Å². The van der Waals surface area contributed by atoms with Gasteiger partial charge in [-0.25, -0.2) is 13.2 Å². The van der Waals surface area contributed by atoms with Crippen molar-refractivity contribution < 1.29 is 18.0 Å². The lowest BCUT2D eigenvalue weighted by atomic mass is 9.99. The van der Waals surface area contributed by atoms with E-state index in [1.807, 2.05) is 19.1 Å². The highest BCUT2D eigenvalue weighted by Gasteiger charge is 2.29. The highest BCUT2D eigenvalue weighted by molar-refractivity contribution is 6.04. The molecule has 162 valence electrons. The van der Waals surface area contributed by atoms with Crippen LogP contribution in [0, 0.1) is 24.4 Å². The maximum Gasteiger partial charge on any atom is 0.273 e. The van der Waals surface area contributed by atoms with Crippen molar-refractivity contribution in [3.63, 3.8) is 0 Å². The van der Waals surface area contributed by atoms with Crippen LogP contribution in [0.4, 0.5) is 13.2 Å². The maximum absolute atomic E-state index is 13.8. The zero-order chi connectivity index (χ0) is 22.6. The number of rotatable bonds is 2. The quantitative estimate of drug-likeness (QED) is 0.446. The lowest BCUT2D eigenvalue weighted by Crippen LogP contribution is -2.36. The zero-order valence-electron chi connectivity index (χ0n) is 17.4. The molecule has 0 fully saturated rings. The Bertz CT molecular complexity index is 1380. The van der Waals surface area contributed by atoms with Crippen LogP contribution in [0.3, 0.4) is 0 Å². The highest BCUT2D eigenvalue weighted by atomic mass is 19.2. The third-order valence-corrected chi connectivity index (χ3v) is 5.70. The van der Waals surface area contributed by atoms with Gasteiger partial charge in [0.25, 0.3) is 5.91 Å². The Morgan fingerprint density at radius 2 is 1.84 bits per heavy atom. The van der Waals surface area contributed by atoms with Gasteiger partial charge in [0.2, 0.25) is 0 Å². The third-order valence-electron chi connectivity index (χ3n) is 5.70. The Morgan fingerprint density at radius 1 is 1.09 bits per heavy atom. The van der Waals surface area contributed by atoms with E-state index in [1.54, 1.807) is 24.2 Å². The second-order valence-corrected chi connectivity index (χ2v) is 7.81. The van der Waals surface area contributed by atoms with Crippen LogP contribution in [0.2, 0.25) is 0 Å². The summed E-state index contributed by atoms with van der Waals surface area (Å²) < 4.78 is 42.5. The van der Waals surface area contributed by atoms with Gasteiger partial charge < -0.3 is 4.90 Å². The lowest BCUT2D eigenvalue weighted by Gasteiger charge is -2.26. The molecule has 5 rings (SSSR count). The van der Waals surface area contributed by atoms with Crippen LogP contribution in [0.15, 0.2) is 36.5 Å². The van der Waals surface area contributed by atoms with Crippen molar-refractivity contribution >= 4 is 16.8 Å². The van der Waals surface area contributed by atoms with Crippen molar-refractivity contribution in [3.05, 3.63) is 76.6 Å². The minimum Gasteiger partial charge on any atom is -0.331 e. The summed E-state index contributed by atoms with van der Waals surface area (Å²) in [6.07, 6.45) is 2.00. The fourth-order valence-electron chi connectivity index (χ4n) is 4.22. The highest BCUT2D eigenvalue weighted by Crippen LogP contribution is 2.32. The molecule has 0 atom stereocenters. The Hall–Kier alpha value is -3.75. The molecular formula is C23H18F3N5O. The molecule has 0 aliphatic carbocycles. The van der Waals surface area contributed by atoms with Crippen LogP contribution in [0.25, 0.3) is 22.2 Å². The summed E-state index contributed by atoms with van der Waals surface area (Å²) >= 11 is 0. The van der Waals surface area contributed by atoms with Crippen molar-refractivity contribution in [2.45, 2.75) is 19.9 Å². The van der Waals surface area contributed by atoms with Crippen LogP contribution in [-0.4, -0.2) is 37.1 Å². The number of pyridine rings is 2. The summed E-state index contributed by atoms with van der Waals surface area (Å²) in [6.45, 7) is 2.49. The standard InChI is InChI=1S/C23H18F3N5O/c1-12-3-4-14-18(28-12)5-7-27-21(14)23(32)31-8-6-15-19(11-31)29-30(2)22(15)13-9-16(24)20(26)17(25)10-13/h3-5,7,9-10H,6,8,11H2,1-2H3. The number of nitrogens with zero attached hydrogens (tertiary/aromatic N) is 5. The fourth-order valence-corrected chi connectivity index (χ4v) is 4.22. The van der Waals surface area contributed by atoms with E-state index < -0.39 is 17.5 Å². The second kappa shape index (κ2) is 7.44. The molecular weight excluding hydrogens is 419 g/mol. The number of aryl methyl sites for hydroxylation is 2. The molecule has 32 heavy (non-hydrogen) atoms. The average molecular weight is 437 g/mol. The number of aromatic nitrogens is 4. The molecule has 9 heteroatoms. The SMILES string of the molecule is Cc1ccc2c(C(=O)N3CCc4c(nn(C)c4-c4cc(F)c(F)c(F)c4)C3)nccc2n1. The first-order valence-corrected chi connectivity index (χ1v) is 10.0. The summed E-state index contributed by atoms with van der Waals surface area (Å²) in [5.74, 6) is -4.26. The molecule has 0 spiro atoms. The van der Waals surface area contributed by atoms with Gasteiger partial charge in [-0.05, 0) is 43.7 Å². The van der Waals surface area contributed by atoms with Gasteiger partial charge in [0.15, 0.2) is 17.5 Å². The van der Waals surface area contributed by atoms with Crippen molar-refractivity contribution in [2.75, 3.05) is 6.54 Å². The monoisotopic (exact) mass is 437 g/mol. The molecule has 3 aromatic heterocycles. The molecule has 1 aliphatic rings. The van der Waals surface area contributed by atoms with Gasteiger partial charge in [-0.15, -0.1) is 0 Å². The molecule has 4 heterocycles. The number of amides is 1. The number of hydrogen-bond acceptors (Lipinski definition) is 4. The largest absolute Gasteiger partial charge is 0.331 e. The van der Waals surface area contributed by atoms with Crippen molar-refractivity contribution in [2.24, 2.45) is 7.05 Å². The van der Waals surface area contributed by atoms with Crippen molar-refractivity contribution in [1.82, 2.24) is 24.6 Å². The maximum atomic E-state index is 13.8. The molecule has 0 saturated heterocycles. The molecule has 0 saturated carbocycles. The number of halogens is 3. The second-order valence-electron chi connectivity index (χ2n) is 7.81. The van der Waals surface area contributed by atoms with Gasteiger partial charge in [-0.2, -0.15) is 5.10 Å². The molecule has 0 N–H and O–H groups in total. The topological polar surface area (TPSA) is 63.9 Å². The summed E-state index contributed by atoms with van der Waals surface area (Å²) in [6, 6.07) is 7.36. The van der Waals surface area contributed by atoms with Crippen LogP contribution < -0.4 is 0 Å². The molecule has 1 aliphatic heterocycles. The van der Waals surface area contributed by atoms with E-state index in [2.05, 4.69) is 15.1 Å². The van der Waals surface area contributed by atoms with E-state index in [-0.39, 0.29) is 18.0 Å². The number of fused-ring (bicyclic) bond motifs is 2. The van der Waals surface area contributed by atoms with Crippen molar-refractivity contribution in [1.29, 1.82) is 0 Å². The summed E-state index contributed by atoms with van der Waals surface area (Å²) in [4.78, 5) is 23.6. The smallest absolute Gasteiger partial charge is 0.273 e. The molecule has 0 bridgehead atoms. The first-order chi connectivity index (χ1) is 15.3. The lowest BCUT2D eigenvalue weighted by molar-refractivity contribution is 0.0728. The molecule has 1 aromatic carbocycles. The minimum atomic E-state index is -1.51. The van der Waals surface area contributed by atoms with Gasteiger partial charge >= 0.3 is 0 Å². The van der Waals surface area contributed by atoms with E-state index in [0.29, 0.717) is 41.0 Å². The summed E-state index contributed by atoms with van der Waals surface area (Å²) in [5.41, 5.74) is 3.98. The first kappa shape index (κ1) is 20.2. The number of carbonyl (C=O) groups is 1. The van der Waals surface area contributed by atoms with E-state index in [1.165, 1.54) is 4.68 Å². The normalized spacial score (nSPS) is 13.5. The summed E-state index contributed by atoms with van der Waals surface area (Å²) in [7, 11) is 1.65. The number of benzene rings is 1. The Balaban J connectivity index is 1.49. The molecule has 1 amide bonds. The van der Waals surface area contributed by atoms with Crippen molar-refractivity contribution in [3.8, 4) is 11.3 Å². The van der Waals surface area contributed by atoms with Gasteiger partial charge in [-0.3, -0.25) is 19.4 Å². The Morgan fingerprint density at radius 3 is 2.59 bits per heavy atom. The summed E-state index contributed by atoms with van der Waals surface area (Å²) in [5, 5.41) is 5.13. The van der Waals surface area contributed by atoms with E-state index >= 15 is 0 Å². The minimum absolute atomic E-state index is 0.203. The molecule has 0 unspecified atom stereocenters. The Kier molecular flexibility index (Phi) is 4.69. The first-order valence-electron chi connectivity index (χ1n) is 10.0. The fraction of sp³-hybridized carbons (Fsp3) is 0.217. The average Bonchev–Trinajstić information content (AvgIpc) is 3.10. The predicted molar refractivity (Wildman–Crippen MR) is 111 cm³/mol. The molecule has 0 radical (unpaired) electrons. The van der Waals surface area contributed by atoms with E-state index in [4.69, 9.17) is 0 Å². The van der Waals surface area contributed by atoms with Gasteiger partial charge in [-0.1, -0.05) is 0 Å². The molecule has 6 nitrogen and oxygen atoms in total. The zero-order valence-corrected chi connectivity index (χ0v) is 17.4. The van der Waals surface area contributed by atoms with Gasteiger partial charge in [0.05, 0.1) is 23.4 Å². The van der Waals surface area contributed by atoms with Gasteiger partial charge in [0, 0.05) is 42.0 Å². The van der Waals surface area contributed by atoms with Crippen LogP contribution in [0.5, 0.6) is 0 Å². The van der Waals surface area contributed by atoms with Crippen LogP contribution in [0.1, 0.15) is 27.4 Å². The number of hydrogen-bond donors (Lipinski definition) is 0. The van der Waals surface area contributed by atoms with Crippen LogP contribution in [-0.2, 0) is 20.0 Å². The third kappa shape index (κ3) is 3.21. The molecule has 4 aromatic rings. The van der Waals surface area contributed by atoms with Gasteiger partial charge in [0.1, 0.15) is 5.69 Å². The van der Waals surface area contributed by atoms with E-state index in [9.17, 15) is 18.0 Å².